The smallest absolute Gasteiger partial charge is 0.241 e. The lowest BCUT2D eigenvalue weighted by atomic mass is 10.6. The Morgan fingerprint density at radius 2 is 2.38 bits per heavy atom. The summed E-state index contributed by atoms with van der Waals surface area (Å²) in [5.74, 6) is 0.0324. The van der Waals surface area contributed by atoms with E-state index >= 15 is 0 Å². The number of aliphatic hydroxyl groups excluding tert-OH is 1. The van der Waals surface area contributed by atoms with Gasteiger partial charge in [-0.3, -0.25) is 0 Å². The van der Waals surface area contributed by atoms with Gasteiger partial charge in [0.25, 0.3) is 0 Å². The fourth-order valence-corrected chi connectivity index (χ4v) is 0.508. The Morgan fingerprint density at radius 1 is 1.62 bits per heavy atom. The number of aliphatic hydroxyl groups is 2. The van der Waals surface area contributed by atoms with Gasteiger partial charge in [0.2, 0.25) is 12.2 Å². The van der Waals surface area contributed by atoms with Crippen molar-refractivity contribution < 1.29 is 14.9 Å². The molecule has 0 unspecified atom stereocenters. The van der Waals surface area contributed by atoms with Gasteiger partial charge in [-0.2, -0.15) is 0 Å². The zero-order valence-electron chi connectivity index (χ0n) is 4.24. The van der Waals surface area contributed by atoms with E-state index in [1.807, 2.05) is 0 Å². The summed E-state index contributed by atoms with van der Waals surface area (Å²) < 4.78 is 4.66. The molecule has 0 atom stereocenters. The molecule has 0 saturated heterocycles. The van der Waals surface area contributed by atoms with E-state index in [0.717, 1.165) is 0 Å². The van der Waals surface area contributed by atoms with Crippen LogP contribution in [0, 0.1) is 0 Å². The predicted molar refractivity (Wildman–Crippen MR) is 26.5 cm³/mol. The summed E-state index contributed by atoms with van der Waals surface area (Å²) in [7, 11) is 0. The number of hydrogen-bond acceptors (Lipinski definition) is 4. The van der Waals surface area contributed by atoms with Crippen LogP contribution in [0.3, 0.4) is 0 Å². The third-order valence-corrected chi connectivity index (χ3v) is 0.830. The summed E-state index contributed by atoms with van der Waals surface area (Å²) in [5, 5.41) is 16.7. The SMILES string of the molecule is OC(O)C1=NCCO1. The molecule has 0 spiro atoms. The summed E-state index contributed by atoms with van der Waals surface area (Å²) in [6.07, 6.45) is -1.53. The van der Waals surface area contributed by atoms with E-state index in [2.05, 4.69) is 9.73 Å². The fraction of sp³-hybridized carbons (Fsp3) is 0.750. The molecule has 46 valence electrons. The Morgan fingerprint density at radius 3 is 2.62 bits per heavy atom. The summed E-state index contributed by atoms with van der Waals surface area (Å²) in [6, 6.07) is 0. The molecule has 1 aliphatic rings. The van der Waals surface area contributed by atoms with E-state index in [1.54, 1.807) is 0 Å². The molecule has 0 amide bonds. The summed E-state index contributed by atoms with van der Waals surface area (Å²) in [6.45, 7) is 1.000. The van der Waals surface area contributed by atoms with Crippen LogP contribution in [0.4, 0.5) is 0 Å². The fourth-order valence-electron chi connectivity index (χ4n) is 0.508. The highest BCUT2D eigenvalue weighted by atomic mass is 16.6. The molecular weight excluding hydrogens is 110 g/mol. The van der Waals surface area contributed by atoms with Gasteiger partial charge < -0.3 is 14.9 Å². The molecule has 0 saturated carbocycles. The summed E-state index contributed by atoms with van der Waals surface area (Å²) in [4.78, 5) is 3.63. The Labute approximate surface area is 46.4 Å². The van der Waals surface area contributed by atoms with Gasteiger partial charge in [0.1, 0.15) is 6.61 Å². The first-order valence-electron chi connectivity index (χ1n) is 2.34. The van der Waals surface area contributed by atoms with Crippen molar-refractivity contribution in [2.75, 3.05) is 13.2 Å². The van der Waals surface area contributed by atoms with Gasteiger partial charge in [0.15, 0.2) is 0 Å². The minimum Gasteiger partial charge on any atom is -0.475 e. The monoisotopic (exact) mass is 117 g/mol. The average molecular weight is 117 g/mol. The van der Waals surface area contributed by atoms with E-state index < -0.39 is 6.29 Å². The minimum absolute atomic E-state index is 0.0324. The lowest BCUT2D eigenvalue weighted by Crippen LogP contribution is -2.19. The summed E-state index contributed by atoms with van der Waals surface area (Å²) >= 11 is 0. The average Bonchev–Trinajstić information content (AvgIpc) is 2.12. The zero-order chi connectivity index (χ0) is 5.98. The lowest BCUT2D eigenvalue weighted by Gasteiger charge is -2.00. The van der Waals surface area contributed by atoms with Gasteiger partial charge in [-0.05, 0) is 0 Å². The lowest BCUT2D eigenvalue weighted by molar-refractivity contribution is 0.00276. The second-order valence-corrected chi connectivity index (χ2v) is 1.44. The molecule has 0 radical (unpaired) electrons. The van der Waals surface area contributed by atoms with Crippen molar-refractivity contribution in [2.45, 2.75) is 6.29 Å². The third kappa shape index (κ3) is 0.962. The van der Waals surface area contributed by atoms with Crippen LogP contribution in [0.25, 0.3) is 0 Å². The molecule has 2 N–H and O–H groups in total. The quantitative estimate of drug-likeness (QED) is 0.421. The Bertz CT molecular complexity index is 110. The van der Waals surface area contributed by atoms with Crippen LogP contribution in [0.15, 0.2) is 4.99 Å². The molecule has 0 fully saturated rings. The van der Waals surface area contributed by atoms with E-state index in [9.17, 15) is 0 Å². The Balaban J connectivity index is 2.45. The molecule has 4 nitrogen and oxygen atoms in total. The van der Waals surface area contributed by atoms with E-state index in [1.165, 1.54) is 0 Å². The van der Waals surface area contributed by atoms with Gasteiger partial charge in [0, 0.05) is 0 Å². The second-order valence-electron chi connectivity index (χ2n) is 1.44. The van der Waals surface area contributed by atoms with Crippen LogP contribution in [0.5, 0.6) is 0 Å². The molecule has 1 heterocycles. The van der Waals surface area contributed by atoms with Crippen LogP contribution in [0.1, 0.15) is 0 Å². The van der Waals surface area contributed by atoms with Crippen molar-refractivity contribution in [2.24, 2.45) is 4.99 Å². The number of ether oxygens (including phenoxy) is 1. The molecule has 0 aromatic heterocycles. The van der Waals surface area contributed by atoms with Crippen LogP contribution in [-0.2, 0) is 4.74 Å². The second kappa shape index (κ2) is 2.11. The summed E-state index contributed by atoms with van der Waals surface area (Å²) in [5.41, 5.74) is 0. The Kier molecular flexibility index (Phi) is 1.45. The largest absolute Gasteiger partial charge is 0.475 e. The Hall–Kier alpha value is -0.610. The maximum atomic E-state index is 8.35. The first kappa shape index (κ1) is 5.53. The molecule has 4 heteroatoms. The molecule has 0 aromatic carbocycles. The van der Waals surface area contributed by atoms with E-state index in [-0.39, 0.29) is 5.90 Å². The topological polar surface area (TPSA) is 62.0 Å². The number of aliphatic imine (C=N–C) groups is 1. The molecule has 0 aromatic rings. The maximum absolute atomic E-state index is 8.35. The van der Waals surface area contributed by atoms with Gasteiger partial charge in [0.05, 0.1) is 6.54 Å². The highest BCUT2D eigenvalue weighted by Gasteiger charge is 2.13. The van der Waals surface area contributed by atoms with Crippen LogP contribution in [0.2, 0.25) is 0 Å². The van der Waals surface area contributed by atoms with Gasteiger partial charge >= 0.3 is 0 Å². The van der Waals surface area contributed by atoms with E-state index in [0.29, 0.717) is 13.2 Å². The van der Waals surface area contributed by atoms with Gasteiger partial charge in [-0.15, -0.1) is 0 Å². The molecular formula is C4H7NO3. The third-order valence-electron chi connectivity index (χ3n) is 0.830. The predicted octanol–water partition coefficient (Wildman–Crippen LogP) is -1.27. The maximum Gasteiger partial charge on any atom is 0.241 e. The molecule has 0 aliphatic carbocycles. The van der Waals surface area contributed by atoms with Crippen LogP contribution < -0.4 is 0 Å². The van der Waals surface area contributed by atoms with Crippen molar-refractivity contribution in [1.29, 1.82) is 0 Å². The van der Waals surface area contributed by atoms with Crippen LogP contribution >= 0.6 is 0 Å². The number of nitrogens with zero attached hydrogens (tertiary/aromatic N) is 1. The van der Waals surface area contributed by atoms with Crippen molar-refractivity contribution in [3.8, 4) is 0 Å². The standard InChI is InChI=1S/C4H7NO3/c6-4(7)3-5-1-2-8-3/h4,6-7H,1-2H2. The molecule has 0 bridgehead atoms. The molecule has 8 heavy (non-hydrogen) atoms. The normalized spacial score (nSPS) is 18.6. The van der Waals surface area contributed by atoms with Gasteiger partial charge in [-0.1, -0.05) is 0 Å². The minimum atomic E-state index is -1.53. The number of rotatable bonds is 1. The zero-order valence-corrected chi connectivity index (χ0v) is 4.24. The van der Waals surface area contributed by atoms with Crippen molar-refractivity contribution in [3.05, 3.63) is 0 Å². The first-order chi connectivity index (χ1) is 3.80. The molecule has 1 rings (SSSR count). The molecule has 1 aliphatic heterocycles. The number of hydrogen-bond donors (Lipinski definition) is 2. The van der Waals surface area contributed by atoms with Crippen molar-refractivity contribution >= 4 is 5.90 Å². The van der Waals surface area contributed by atoms with Gasteiger partial charge in [-0.25, -0.2) is 4.99 Å². The van der Waals surface area contributed by atoms with Crippen LogP contribution in [-0.4, -0.2) is 35.6 Å². The first-order valence-corrected chi connectivity index (χ1v) is 2.34. The van der Waals surface area contributed by atoms with Crippen molar-refractivity contribution in [1.82, 2.24) is 0 Å². The van der Waals surface area contributed by atoms with Crippen molar-refractivity contribution in [3.63, 3.8) is 0 Å². The highest BCUT2D eigenvalue weighted by Crippen LogP contribution is 1.95. The van der Waals surface area contributed by atoms with E-state index in [4.69, 9.17) is 10.2 Å². The highest BCUT2D eigenvalue weighted by molar-refractivity contribution is 5.80.